The highest BCUT2D eigenvalue weighted by atomic mass is 35.5. The van der Waals surface area contributed by atoms with Gasteiger partial charge in [-0.15, -0.1) is 11.3 Å². The summed E-state index contributed by atoms with van der Waals surface area (Å²) in [6.07, 6.45) is 0.405. The number of hydrogen-bond donors (Lipinski definition) is 2. The summed E-state index contributed by atoms with van der Waals surface area (Å²) in [4.78, 5) is 12.7. The minimum absolute atomic E-state index is 0.00401. The van der Waals surface area contributed by atoms with E-state index in [0.29, 0.717) is 19.6 Å². The van der Waals surface area contributed by atoms with Crippen molar-refractivity contribution in [1.82, 2.24) is 10.6 Å². The third-order valence-electron chi connectivity index (χ3n) is 2.51. The van der Waals surface area contributed by atoms with Gasteiger partial charge >= 0.3 is 0 Å². The average Bonchev–Trinajstić information content (AvgIpc) is 2.74. The quantitative estimate of drug-likeness (QED) is 0.873. The van der Waals surface area contributed by atoms with Crippen LogP contribution in [0.25, 0.3) is 0 Å². The van der Waals surface area contributed by atoms with Crippen molar-refractivity contribution in [3.05, 3.63) is 21.3 Å². The van der Waals surface area contributed by atoms with Crippen LogP contribution >= 0.6 is 22.9 Å². The Morgan fingerprint density at radius 2 is 2.53 bits per heavy atom. The summed E-state index contributed by atoms with van der Waals surface area (Å²) < 4.78 is 6.21. The SMILES string of the molecule is O=C(C[C@@H]1CNCCO1)NCc1ccc(Cl)s1. The van der Waals surface area contributed by atoms with Crippen LogP contribution in [0, 0.1) is 0 Å². The second-order valence-corrected chi connectivity index (χ2v) is 5.68. The van der Waals surface area contributed by atoms with Crippen LogP contribution in [-0.4, -0.2) is 31.7 Å². The fraction of sp³-hybridized carbons (Fsp3) is 0.545. The molecule has 0 spiro atoms. The Balaban J connectivity index is 1.70. The van der Waals surface area contributed by atoms with Crippen LogP contribution in [-0.2, 0) is 16.1 Å². The molecule has 0 unspecified atom stereocenters. The minimum Gasteiger partial charge on any atom is -0.375 e. The fourth-order valence-corrected chi connectivity index (χ4v) is 2.69. The second kappa shape index (κ2) is 6.35. The number of thiophene rings is 1. The van der Waals surface area contributed by atoms with Gasteiger partial charge in [-0.3, -0.25) is 4.79 Å². The molecule has 2 rings (SSSR count). The fourth-order valence-electron chi connectivity index (χ4n) is 1.66. The van der Waals surface area contributed by atoms with Gasteiger partial charge in [-0.1, -0.05) is 11.6 Å². The predicted octanol–water partition coefficient (Wildman–Crippen LogP) is 1.40. The van der Waals surface area contributed by atoms with Crippen LogP contribution in [0.2, 0.25) is 4.34 Å². The summed E-state index contributed by atoms with van der Waals surface area (Å²) in [5.74, 6) is 0.0169. The molecule has 94 valence electrons. The lowest BCUT2D eigenvalue weighted by atomic mass is 10.2. The Labute approximate surface area is 109 Å². The number of carbonyl (C=O) groups excluding carboxylic acids is 1. The first-order chi connectivity index (χ1) is 8.24. The summed E-state index contributed by atoms with van der Waals surface area (Å²) in [6.45, 7) is 2.83. The van der Waals surface area contributed by atoms with Crippen LogP contribution < -0.4 is 10.6 Å². The molecule has 1 fully saturated rings. The van der Waals surface area contributed by atoms with E-state index >= 15 is 0 Å². The van der Waals surface area contributed by atoms with Crippen LogP contribution in [0.15, 0.2) is 12.1 Å². The number of halogens is 1. The molecule has 1 aromatic rings. The molecule has 6 heteroatoms. The first-order valence-corrected chi connectivity index (χ1v) is 6.77. The van der Waals surface area contributed by atoms with E-state index in [2.05, 4.69) is 10.6 Å². The molecule has 1 aromatic heterocycles. The van der Waals surface area contributed by atoms with E-state index < -0.39 is 0 Å². The number of ether oxygens (including phenoxy) is 1. The average molecular weight is 275 g/mol. The molecule has 2 heterocycles. The number of hydrogen-bond acceptors (Lipinski definition) is 4. The second-order valence-electron chi connectivity index (χ2n) is 3.88. The summed E-state index contributed by atoms with van der Waals surface area (Å²) in [5.41, 5.74) is 0. The number of nitrogens with one attached hydrogen (secondary N) is 2. The van der Waals surface area contributed by atoms with Gasteiger partial charge in [0.15, 0.2) is 0 Å². The zero-order valence-corrected chi connectivity index (χ0v) is 10.9. The van der Waals surface area contributed by atoms with Crippen molar-refractivity contribution in [2.45, 2.75) is 19.1 Å². The van der Waals surface area contributed by atoms with Crippen LogP contribution in [0.1, 0.15) is 11.3 Å². The van der Waals surface area contributed by atoms with Gasteiger partial charge in [-0.25, -0.2) is 0 Å². The minimum atomic E-state index is -0.00401. The molecule has 0 radical (unpaired) electrons. The smallest absolute Gasteiger partial charge is 0.222 e. The largest absolute Gasteiger partial charge is 0.375 e. The van der Waals surface area contributed by atoms with Crippen molar-refractivity contribution in [3.8, 4) is 0 Å². The number of carbonyl (C=O) groups is 1. The number of morpholine rings is 1. The van der Waals surface area contributed by atoms with Gasteiger partial charge in [-0.05, 0) is 12.1 Å². The first kappa shape index (κ1) is 12.8. The zero-order chi connectivity index (χ0) is 12.1. The third kappa shape index (κ3) is 4.27. The first-order valence-electron chi connectivity index (χ1n) is 5.57. The molecule has 1 aliphatic rings. The summed E-state index contributed by atoms with van der Waals surface area (Å²) >= 11 is 7.29. The van der Waals surface area contributed by atoms with Gasteiger partial charge < -0.3 is 15.4 Å². The Morgan fingerprint density at radius 1 is 1.65 bits per heavy atom. The maximum absolute atomic E-state index is 11.6. The highest BCUT2D eigenvalue weighted by Crippen LogP contribution is 2.21. The van der Waals surface area contributed by atoms with Gasteiger partial charge in [0.05, 0.1) is 30.0 Å². The molecule has 0 aromatic carbocycles. The Kier molecular flexibility index (Phi) is 4.79. The monoisotopic (exact) mass is 274 g/mol. The molecule has 4 nitrogen and oxygen atoms in total. The van der Waals surface area contributed by atoms with Crippen molar-refractivity contribution >= 4 is 28.8 Å². The summed E-state index contributed by atoms with van der Waals surface area (Å²) in [7, 11) is 0. The normalized spacial score (nSPS) is 20.2. The van der Waals surface area contributed by atoms with Crippen molar-refractivity contribution < 1.29 is 9.53 Å². The lowest BCUT2D eigenvalue weighted by Gasteiger charge is -2.22. The molecule has 2 N–H and O–H groups in total. The molecule has 0 aliphatic carbocycles. The number of amides is 1. The van der Waals surface area contributed by atoms with Gasteiger partial charge in [0.1, 0.15) is 0 Å². The zero-order valence-electron chi connectivity index (χ0n) is 9.37. The van der Waals surface area contributed by atoms with Gasteiger partial charge in [0.2, 0.25) is 5.91 Å². The molecule has 1 aliphatic heterocycles. The highest BCUT2D eigenvalue weighted by molar-refractivity contribution is 7.16. The summed E-state index contributed by atoms with van der Waals surface area (Å²) in [6, 6.07) is 3.76. The number of rotatable bonds is 4. The molecular formula is C11H15ClN2O2S. The predicted molar refractivity (Wildman–Crippen MR) is 68.4 cm³/mol. The Bertz CT molecular complexity index is 377. The highest BCUT2D eigenvalue weighted by Gasteiger charge is 2.17. The van der Waals surface area contributed by atoms with E-state index in [0.717, 1.165) is 22.3 Å². The van der Waals surface area contributed by atoms with E-state index in [1.54, 1.807) is 0 Å². The molecule has 0 saturated carbocycles. The van der Waals surface area contributed by atoms with E-state index in [1.807, 2.05) is 12.1 Å². The summed E-state index contributed by atoms with van der Waals surface area (Å²) in [5, 5.41) is 6.06. The van der Waals surface area contributed by atoms with Crippen LogP contribution in [0.3, 0.4) is 0 Å². The lowest BCUT2D eigenvalue weighted by Crippen LogP contribution is -2.41. The van der Waals surface area contributed by atoms with E-state index in [1.165, 1.54) is 11.3 Å². The molecule has 1 amide bonds. The van der Waals surface area contributed by atoms with E-state index in [4.69, 9.17) is 16.3 Å². The molecule has 0 bridgehead atoms. The maximum atomic E-state index is 11.6. The lowest BCUT2D eigenvalue weighted by molar-refractivity contribution is -0.124. The van der Waals surface area contributed by atoms with Gasteiger partial charge in [0, 0.05) is 18.0 Å². The van der Waals surface area contributed by atoms with Crippen molar-refractivity contribution in [3.63, 3.8) is 0 Å². The molecular weight excluding hydrogens is 260 g/mol. The topological polar surface area (TPSA) is 50.4 Å². The standard InChI is InChI=1S/C11H15ClN2O2S/c12-10-2-1-9(17-10)7-14-11(15)5-8-6-13-3-4-16-8/h1-2,8,13H,3-7H2,(H,14,15)/t8-/m1/s1. The van der Waals surface area contributed by atoms with E-state index in [-0.39, 0.29) is 12.0 Å². The molecule has 17 heavy (non-hydrogen) atoms. The van der Waals surface area contributed by atoms with E-state index in [9.17, 15) is 4.79 Å². The van der Waals surface area contributed by atoms with Crippen molar-refractivity contribution in [2.24, 2.45) is 0 Å². The van der Waals surface area contributed by atoms with Gasteiger partial charge in [-0.2, -0.15) is 0 Å². The van der Waals surface area contributed by atoms with Crippen LogP contribution in [0.5, 0.6) is 0 Å². The van der Waals surface area contributed by atoms with Gasteiger partial charge in [0.25, 0.3) is 0 Å². The van der Waals surface area contributed by atoms with Crippen molar-refractivity contribution in [2.75, 3.05) is 19.7 Å². The third-order valence-corrected chi connectivity index (χ3v) is 3.74. The maximum Gasteiger partial charge on any atom is 0.222 e. The Morgan fingerprint density at radius 3 is 3.18 bits per heavy atom. The van der Waals surface area contributed by atoms with Crippen LogP contribution in [0.4, 0.5) is 0 Å². The Hall–Kier alpha value is -0.620. The van der Waals surface area contributed by atoms with Crippen molar-refractivity contribution in [1.29, 1.82) is 0 Å². The molecule has 1 saturated heterocycles. The molecule has 1 atom stereocenters.